The van der Waals surface area contributed by atoms with Crippen molar-refractivity contribution in [1.82, 2.24) is 9.88 Å². The second-order valence-corrected chi connectivity index (χ2v) is 4.97. The highest BCUT2D eigenvalue weighted by molar-refractivity contribution is 5.96. The number of hydrogen-bond donors (Lipinski definition) is 0. The molecule has 1 heterocycles. The summed E-state index contributed by atoms with van der Waals surface area (Å²) in [5.74, 6) is -2.78. The first kappa shape index (κ1) is 16.8. The van der Waals surface area contributed by atoms with E-state index in [1.54, 1.807) is 6.92 Å². The van der Waals surface area contributed by atoms with Crippen LogP contribution in [0, 0.1) is 17.5 Å². The number of nitrogens with zero attached hydrogens (tertiary/aromatic N) is 2. The van der Waals surface area contributed by atoms with Crippen molar-refractivity contribution in [3.8, 4) is 5.88 Å². The van der Waals surface area contributed by atoms with Gasteiger partial charge in [-0.05, 0) is 19.1 Å². The lowest BCUT2D eigenvalue weighted by atomic mass is 10.1. The topological polar surface area (TPSA) is 42.4 Å². The Hall–Kier alpha value is -2.57. The zero-order valence-corrected chi connectivity index (χ0v) is 12.8. The third-order valence-electron chi connectivity index (χ3n) is 3.56. The Kier molecular flexibility index (Phi) is 4.88. The summed E-state index contributed by atoms with van der Waals surface area (Å²) in [5, 5.41) is 0. The normalized spacial score (nSPS) is 11.9. The summed E-state index contributed by atoms with van der Waals surface area (Å²) in [6.07, 6.45) is 0.929. The molecule has 0 aliphatic heterocycles. The fourth-order valence-electron chi connectivity index (χ4n) is 2.16. The largest absolute Gasteiger partial charge is 0.480 e. The summed E-state index contributed by atoms with van der Waals surface area (Å²) >= 11 is 0. The standard InChI is InChI=1S/C16H15F3N2O2/c1-9(12-5-4-10(17)7-14(12)19)21(2)16(22)13-6-11(18)8-20-15(13)23-3/h4-9H,1-3H3/t9-/m1/s1. The molecule has 7 heteroatoms. The Bertz CT molecular complexity index is 737. The molecule has 1 amide bonds. The molecule has 0 saturated carbocycles. The van der Waals surface area contributed by atoms with Crippen molar-refractivity contribution in [3.63, 3.8) is 0 Å². The Morgan fingerprint density at radius 2 is 1.91 bits per heavy atom. The molecule has 0 bridgehead atoms. The average molecular weight is 324 g/mol. The Morgan fingerprint density at radius 1 is 1.22 bits per heavy atom. The van der Waals surface area contributed by atoms with Crippen molar-refractivity contribution in [2.24, 2.45) is 0 Å². The number of amides is 1. The Labute approximate surface area is 131 Å². The highest BCUT2D eigenvalue weighted by Gasteiger charge is 2.25. The van der Waals surface area contributed by atoms with Gasteiger partial charge < -0.3 is 9.64 Å². The van der Waals surface area contributed by atoms with Crippen LogP contribution in [0.4, 0.5) is 13.2 Å². The van der Waals surface area contributed by atoms with E-state index >= 15 is 0 Å². The molecule has 0 fully saturated rings. The number of carbonyl (C=O) groups excluding carboxylic acids is 1. The highest BCUT2D eigenvalue weighted by Crippen LogP contribution is 2.26. The molecule has 0 unspecified atom stereocenters. The van der Waals surface area contributed by atoms with E-state index in [4.69, 9.17) is 4.74 Å². The summed E-state index contributed by atoms with van der Waals surface area (Å²) in [5.41, 5.74) is 0.0648. The van der Waals surface area contributed by atoms with Gasteiger partial charge in [0.1, 0.15) is 23.0 Å². The lowest BCUT2D eigenvalue weighted by Gasteiger charge is -2.26. The third kappa shape index (κ3) is 3.44. The van der Waals surface area contributed by atoms with Gasteiger partial charge in [0, 0.05) is 18.7 Å². The molecule has 1 atom stereocenters. The minimum absolute atomic E-state index is 0.0324. The van der Waals surface area contributed by atoms with E-state index in [9.17, 15) is 18.0 Å². The average Bonchev–Trinajstić information content (AvgIpc) is 2.52. The minimum Gasteiger partial charge on any atom is -0.480 e. The molecule has 0 spiro atoms. The fraction of sp³-hybridized carbons (Fsp3) is 0.250. The van der Waals surface area contributed by atoms with Crippen molar-refractivity contribution in [3.05, 3.63) is 59.0 Å². The second-order valence-electron chi connectivity index (χ2n) is 4.97. The number of pyridine rings is 1. The van der Waals surface area contributed by atoms with E-state index in [0.29, 0.717) is 0 Å². The zero-order valence-electron chi connectivity index (χ0n) is 12.8. The maximum Gasteiger partial charge on any atom is 0.259 e. The summed E-state index contributed by atoms with van der Waals surface area (Å²) in [6.45, 7) is 1.58. The molecule has 1 aromatic heterocycles. The summed E-state index contributed by atoms with van der Waals surface area (Å²) in [7, 11) is 2.74. The van der Waals surface area contributed by atoms with Crippen molar-refractivity contribution in [2.75, 3.05) is 14.2 Å². The monoisotopic (exact) mass is 324 g/mol. The molecule has 0 N–H and O–H groups in total. The zero-order chi connectivity index (χ0) is 17.1. The van der Waals surface area contributed by atoms with Crippen LogP contribution in [-0.2, 0) is 0 Å². The number of halogens is 3. The third-order valence-corrected chi connectivity index (χ3v) is 3.56. The van der Waals surface area contributed by atoms with E-state index in [0.717, 1.165) is 24.4 Å². The number of benzene rings is 1. The van der Waals surface area contributed by atoms with Crippen LogP contribution in [0.2, 0.25) is 0 Å². The predicted octanol–water partition coefficient (Wildman–Crippen LogP) is 3.34. The molecule has 122 valence electrons. The molecule has 23 heavy (non-hydrogen) atoms. The van der Waals surface area contributed by atoms with Crippen LogP contribution in [0.1, 0.15) is 28.9 Å². The molecule has 0 aliphatic carbocycles. The van der Waals surface area contributed by atoms with Gasteiger partial charge in [-0.15, -0.1) is 0 Å². The molecule has 2 rings (SSSR count). The van der Waals surface area contributed by atoms with Gasteiger partial charge in [-0.3, -0.25) is 4.79 Å². The number of hydrogen-bond acceptors (Lipinski definition) is 3. The molecule has 2 aromatic rings. The summed E-state index contributed by atoms with van der Waals surface area (Å²) < 4.78 is 45.2. The maximum absolute atomic E-state index is 13.9. The van der Waals surface area contributed by atoms with Gasteiger partial charge in [0.2, 0.25) is 5.88 Å². The molecular formula is C16H15F3N2O2. The summed E-state index contributed by atoms with van der Waals surface area (Å²) in [4.78, 5) is 17.4. The number of carbonyl (C=O) groups is 1. The quantitative estimate of drug-likeness (QED) is 0.866. The molecule has 0 saturated heterocycles. The van der Waals surface area contributed by atoms with Crippen molar-refractivity contribution in [2.45, 2.75) is 13.0 Å². The Balaban J connectivity index is 2.34. The Morgan fingerprint density at radius 3 is 2.52 bits per heavy atom. The first-order valence-corrected chi connectivity index (χ1v) is 6.76. The molecule has 0 radical (unpaired) electrons. The molecule has 4 nitrogen and oxygen atoms in total. The van der Waals surface area contributed by atoms with Crippen LogP contribution in [0.3, 0.4) is 0 Å². The summed E-state index contributed by atoms with van der Waals surface area (Å²) in [6, 6.07) is 3.42. The van der Waals surface area contributed by atoms with Gasteiger partial charge in [-0.25, -0.2) is 18.2 Å². The number of aromatic nitrogens is 1. The molecular weight excluding hydrogens is 309 g/mol. The maximum atomic E-state index is 13.9. The lowest BCUT2D eigenvalue weighted by molar-refractivity contribution is 0.0735. The number of rotatable bonds is 4. The van der Waals surface area contributed by atoms with E-state index in [1.165, 1.54) is 25.1 Å². The second kappa shape index (κ2) is 6.68. The number of methoxy groups -OCH3 is 1. The van der Waals surface area contributed by atoms with Crippen LogP contribution in [0.25, 0.3) is 0 Å². The van der Waals surface area contributed by atoms with Crippen LogP contribution >= 0.6 is 0 Å². The minimum atomic E-state index is -0.763. The van der Waals surface area contributed by atoms with Gasteiger partial charge in [0.25, 0.3) is 5.91 Å². The van der Waals surface area contributed by atoms with Crippen LogP contribution < -0.4 is 4.74 Å². The SMILES string of the molecule is COc1ncc(F)cc1C(=O)N(C)[C@H](C)c1ccc(F)cc1F. The van der Waals surface area contributed by atoms with Gasteiger partial charge in [0.15, 0.2) is 0 Å². The highest BCUT2D eigenvalue weighted by atomic mass is 19.1. The van der Waals surface area contributed by atoms with E-state index < -0.39 is 29.4 Å². The first-order chi connectivity index (χ1) is 10.8. The van der Waals surface area contributed by atoms with Crippen LogP contribution in [-0.4, -0.2) is 29.9 Å². The van der Waals surface area contributed by atoms with Crippen molar-refractivity contribution >= 4 is 5.91 Å². The van der Waals surface area contributed by atoms with E-state index in [-0.39, 0.29) is 17.0 Å². The lowest BCUT2D eigenvalue weighted by Crippen LogP contribution is -2.30. The van der Waals surface area contributed by atoms with Gasteiger partial charge in [0.05, 0.1) is 19.3 Å². The predicted molar refractivity (Wildman–Crippen MR) is 77.6 cm³/mol. The van der Waals surface area contributed by atoms with Crippen molar-refractivity contribution in [1.29, 1.82) is 0 Å². The van der Waals surface area contributed by atoms with Crippen LogP contribution in [0.15, 0.2) is 30.5 Å². The van der Waals surface area contributed by atoms with Gasteiger partial charge in [-0.2, -0.15) is 0 Å². The van der Waals surface area contributed by atoms with Crippen LogP contribution in [0.5, 0.6) is 5.88 Å². The first-order valence-electron chi connectivity index (χ1n) is 6.76. The van der Waals surface area contributed by atoms with Gasteiger partial charge in [-0.1, -0.05) is 6.07 Å². The number of ether oxygens (including phenoxy) is 1. The fourth-order valence-corrected chi connectivity index (χ4v) is 2.16. The van der Waals surface area contributed by atoms with Gasteiger partial charge >= 0.3 is 0 Å². The van der Waals surface area contributed by atoms with Crippen molar-refractivity contribution < 1.29 is 22.7 Å². The molecule has 0 aliphatic rings. The van der Waals surface area contributed by atoms with E-state index in [1.807, 2.05) is 0 Å². The molecule has 1 aromatic carbocycles. The smallest absolute Gasteiger partial charge is 0.259 e. The van der Waals surface area contributed by atoms with E-state index in [2.05, 4.69) is 4.98 Å².